The number of hydrogen-bond acceptors (Lipinski definition) is 2. The first-order valence-electron chi connectivity index (χ1n) is 9.88. The van der Waals surface area contributed by atoms with Gasteiger partial charge in [0, 0.05) is 19.0 Å². The molecule has 0 radical (unpaired) electrons. The van der Waals surface area contributed by atoms with Gasteiger partial charge < -0.3 is 5.32 Å². The molecule has 1 aliphatic rings. The highest BCUT2D eigenvalue weighted by atomic mass is 14.9. The molecule has 0 bridgehead atoms. The van der Waals surface area contributed by atoms with Crippen LogP contribution in [0.25, 0.3) is 11.1 Å². The van der Waals surface area contributed by atoms with Crippen molar-refractivity contribution in [3.05, 3.63) is 60.2 Å². The lowest BCUT2D eigenvalue weighted by molar-refractivity contribution is 0.105. The third kappa shape index (κ3) is 4.17. The third-order valence-electron chi connectivity index (χ3n) is 6.32. The topological polar surface area (TPSA) is 35.8 Å². The molecule has 3 rings (SSSR count). The summed E-state index contributed by atoms with van der Waals surface area (Å²) in [6, 6.07) is 22.3. The minimum atomic E-state index is 0.231. The highest BCUT2D eigenvalue weighted by molar-refractivity contribution is 5.67. The summed E-state index contributed by atoms with van der Waals surface area (Å²) in [6.45, 7) is 5.46. The Morgan fingerprint density at radius 3 is 2.35 bits per heavy atom. The van der Waals surface area contributed by atoms with E-state index < -0.39 is 0 Å². The third-order valence-corrected chi connectivity index (χ3v) is 6.32. The monoisotopic (exact) mass is 346 g/mol. The van der Waals surface area contributed by atoms with Crippen LogP contribution in [0.15, 0.2) is 54.6 Å². The summed E-state index contributed by atoms with van der Waals surface area (Å²) in [7, 11) is 0. The highest BCUT2D eigenvalue weighted by Crippen LogP contribution is 2.45. The lowest BCUT2D eigenvalue weighted by Gasteiger charge is -2.42. The van der Waals surface area contributed by atoms with E-state index in [9.17, 15) is 5.26 Å². The van der Waals surface area contributed by atoms with E-state index in [4.69, 9.17) is 0 Å². The van der Waals surface area contributed by atoms with Gasteiger partial charge >= 0.3 is 0 Å². The fraction of sp³-hybridized carbons (Fsp3) is 0.458. The SMILES string of the molecule is CC(C)[C@]1(CC#N)CC[C@@H](NCc2ccccc2-c2ccccc2)CC1. The Morgan fingerprint density at radius 2 is 1.69 bits per heavy atom. The van der Waals surface area contributed by atoms with E-state index >= 15 is 0 Å². The number of hydrogen-bond donors (Lipinski definition) is 1. The average molecular weight is 347 g/mol. The van der Waals surface area contributed by atoms with Crippen LogP contribution in [0.4, 0.5) is 0 Å². The maximum absolute atomic E-state index is 9.22. The van der Waals surface area contributed by atoms with Crippen molar-refractivity contribution in [2.75, 3.05) is 0 Å². The van der Waals surface area contributed by atoms with Crippen LogP contribution in [-0.2, 0) is 6.54 Å². The van der Waals surface area contributed by atoms with E-state index in [1.54, 1.807) is 0 Å². The lowest BCUT2D eigenvalue weighted by Crippen LogP contribution is -2.39. The van der Waals surface area contributed by atoms with Crippen molar-refractivity contribution >= 4 is 0 Å². The summed E-state index contributed by atoms with van der Waals surface area (Å²) in [5.41, 5.74) is 4.18. The molecule has 0 saturated heterocycles. The molecular weight excluding hydrogens is 316 g/mol. The Hall–Kier alpha value is -2.11. The first-order valence-corrected chi connectivity index (χ1v) is 9.88. The van der Waals surface area contributed by atoms with Gasteiger partial charge in [0.1, 0.15) is 0 Å². The van der Waals surface area contributed by atoms with Crippen LogP contribution in [0.3, 0.4) is 0 Å². The van der Waals surface area contributed by atoms with Gasteiger partial charge in [0.05, 0.1) is 6.07 Å². The molecular formula is C24H30N2. The van der Waals surface area contributed by atoms with Crippen LogP contribution < -0.4 is 5.32 Å². The molecule has 2 aromatic carbocycles. The lowest BCUT2D eigenvalue weighted by atomic mass is 9.64. The van der Waals surface area contributed by atoms with E-state index in [0.29, 0.717) is 18.4 Å². The van der Waals surface area contributed by atoms with Crippen LogP contribution in [0.2, 0.25) is 0 Å². The second kappa shape index (κ2) is 8.52. The molecule has 136 valence electrons. The molecule has 2 aromatic rings. The molecule has 2 heteroatoms. The first-order chi connectivity index (χ1) is 12.6. The van der Waals surface area contributed by atoms with Gasteiger partial charge in [0.2, 0.25) is 0 Å². The summed E-state index contributed by atoms with van der Waals surface area (Å²) in [6.07, 6.45) is 5.38. The Kier molecular flexibility index (Phi) is 6.12. The minimum Gasteiger partial charge on any atom is -0.310 e. The molecule has 1 aliphatic carbocycles. The zero-order valence-corrected chi connectivity index (χ0v) is 16.0. The molecule has 0 unspecified atom stereocenters. The Balaban J connectivity index is 1.62. The number of nitriles is 1. The van der Waals surface area contributed by atoms with Crippen LogP contribution in [-0.4, -0.2) is 6.04 Å². The zero-order chi connectivity index (χ0) is 18.4. The molecule has 2 nitrogen and oxygen atoms in total. The van der Waals surface area contributed by atoms with E-state index in [1.165, 1.54) is 29.5 Å². The molecule has 1 fully saturated rings. The Labute approximate surface area is 158 Å². The fourth-order valence-electron chi connectivity index (χ4n) is 4.34. The predicted octanol–water partition coefficient (Wildman–Crippen LogP) is 5.94. The summed E-state index contributed by atoms with van der Waals surface area (Å²) >= 11 is 0. The van der Waals surface area contributed by atoms with Gasteiger partial charge in [-0.15, -0.1) is 0 Å². The summed E-state index contributed by atoms with van der Waals surface area (Å²) in [5.74, 6) is 0.585. The molecule has 0 atom stereocenters. The van der Waals surface area contributed by atoms with Crippen molar-refractivity contribution in [2.45, 2.75) is 58.5 Å². The second-order valence-corrected chi connectivity index (χ2v) is 8.03. The van der Waals surface area contributed by atoms with Gasteiger partial charge in [-0.3, -0.25) is 0 Å². The standard InChI is InChI=1S/C24H30N2/c1-19(2)24(16-17-25)14-12-22(13-15-24)26-18-21-10-6-7-11-23(21)20-8-4-3-5-9-20/h3-11,19,22,26H,12-16,18H2,1-2H3/t22-,24-. The molecule has 0 aromatic heterocycles. The van der Waals surface area contributed by atoms with Crippen molar-refractivity contribution < 1.29 is 0 Å². The highest BCUT2D eigenvalue weighted by Gasteiger charge is 2.37. The van der Waals surface area contributed by atoms with Gasteiger partial charge in [-0.1, -0.05) is 68.4 Å². The number of rotatable bonds is 6. The summed E-state index contributed by atoms with van der Waals surface area (Å²) in [4.78, 5) is 0. The number of nitrogens with one attached hydrogen (secondary N) is 1. The van der Waals surface area contributed by atoms with Crippen molar-refractivity contribution in [1.82, 2.24) is 5.32 Å². The van der Waals surface area contributed by atoms with Crippen LogP contribution in [0.5, 0.6) is 0 Å². The van der Waals surface area contributed by atoms with E-state index in [0.717, 1.165) is 19.4 Å². The first kappa shape index (κ1) is 18.7. The predicted molar refractivity (Wildman–Crippen MR) is 108 cm³/mol. The van der Waals surface area contributed by atoms with Gasteiger partial charge in [0.15, 0.2) is 0 Å². The van der Waals surface area contributed by atoms with Gasteiger partial charge in [0.25, 0.3) is 0 Å². The van der Waals surface area contributed by atoms with Crippen molar-refractivity contribution in [1.29, 1.82) is 5.26 Å². The molecule has 0 spiro atoms. The second-order valence-electron chi connectivity index (χ2n) is 8.03. The minimum absolute atomic E-state index is 0.231. The molecule has 26 heavy (non-hydrogen) atoms. The normalized spacial score (nSPS) is 22.9. The summed E-state index contributed by atoms with van der Waals surface area (Å²) < 4.78 is 0. The molecule has 0 amide bonds. The smallest absolute Gasteiger partial charge is 0.0627 e. The summed E-state index contributed by atoms with van der Waals surface area (Å²) in [5, 5.41) is 13.0. The Morgan fingerprint density at radius 1 is 1.04 bits per heavy atom. The van der Waals surface area contributed by atoms with Crippen LogP contribution >= 0.6 is 0 Å². The van der Waals surface area contributed by atoms with Crippen molar-refractivity contribution in [3.63, 3.8) is 0 Å². The maximum atomic E-state index is 9.22. The molecule has 0 heterocycles. The quantitative estimate of drug-likeness (QED) is 0.702. The zero-order valence-electron chi connectivity index (χ0n) is 16.0. The van der Waals surface area contributed by atoms with Crippen molar-refractivity contribution in [2.24, 2.45) is 11.3 Å². The fourth-order valence-corrected chi connectivity index (χ4v) is 4.34. The largest absolute Gasteiger partial charge is 0.310 e. The van der Waals surface area contributed by atoms with Gasteiger partial charge in [-0.2, -0.15) is 5.26 Å². The number of nitrogens with zero attached hydrogens (tertiary/aromatic N) is 1. The van der Waals surface area contributed by atoms with E-state index in [-0.39, 0.29) is 5.41 Å². The molecule has 1 N–H and O–H groups in total. The van der Waals surface area contributed by atoms with Crippen LogP contribution in [0, 0.1) is 22.7 Å². The average Bonchev–Trinajstić information content (AvgIpc) is 2.68. The van der Waals surface area contributed by atoms with Gasteiger partial charge in [-0.25, -0.2) is 0 Å². The molecule has 1 saturated carbocycles. The van der Waals surface area contributed by atoms with Gasteiger partial charge in [-0.05, 0) is 53.7 Å². The van der Waals surface area contributed by atoms with E-state index in [2.05, 4.69) is 79.8 Å². The van der Waals surface area contributed by atoms with E-state index in [1.807, 2.05) is 0 Å². The Bertz CT molecular complexity index is 734. The molecule has 0 aliphatic heterocycles. The van der Waals surface area contributed by atoms with Crippen molar-refractivity contribution in [3.8, 4) is 17.2 Å². The number of benzene rings is 2. The maximum Gasteiger partial charge on any atom is 0.0627 e. The van der Waals surface area contributed by atoms with Crippen LogP contribution in [0.1, 0.15) is 51.5 Å².